The molecule has 6 heteroatoms. The van der Waals surface area contributed by atoms with Gasteiger partial charge in [-0.1, -0.05) is 24.3 Å². The van der Waals surface area contributed by atoms with Gasteiger partial charge in [0.1, 0.15) is 5.82 Å². The smallest absolute Gasteiger partial charge is 0.280 e. The molecule has 0 fully saturated rings. The minimum Gasteiger partial charge on any atom is -0.320 e. The van der Waals surface area contributed by atoms with Crippen LogP contribution in [-0.2, 0) is 0 Å². The number of hydrogen-bond acceptors (Lipinski definition) is 3. The van der Waals surface area contributed by atoms with Crippen molar-refractivity contribution in [3.63, 3.8) is 0 Å². The number of halogens is 1. The summed E-state index contributed by atoms with van der Waals surface area (Å²) < 4.78 is 14.8. The number of fused-ring (bicyclic) bond motifs is 1. The van der Waals surface area contributed by atoms with Crippen LogP contribution in [0, 0.1) is 19.7 Å². The second-order valence-electron chi connectivity index (χ2n) is 6.78. The molecular weight excluding hydrogens is 369 g/mol. The van der Waals surface area contributed by atoms with Crippen molar-refractivity contribution in [1.82, 2.24) is 9.78 Å². The maximum absolute atomic E-state index is 13.4. The first kappa shape index (κ1) is 18.6. The monoisotopic (exact) mass is 387 g/mol. The molecule has 5 nitrogen and oxygen atoms in total. The van der Waals surface area contributed by atoms with Crippen LogP contribution in [0.3, 0.4) is 0 Å². The van der Waals surface area contributed by atoms with Gasteiger partial charge in [-0.05, 0) is 67.4 Å². The van der Waals surface area contributed by atoms with E-state index in [1.165, 1.54) is 16.8 Å². The third kappa shape index (κ3) is 3.40. The maximum atomic E-state index is 13.4. The molecule has 0 saturated carbocycles. The molecule has 1 amide bonds. The summed E-state index contributed by atoms with van der Waals surface area (Å²) >= 11 is 0. The van der Waals surface area contributed by atoms with Gasteiger partial charge in [0.15, 0.2) is 5.69 Å². The molecule has 0 aliphatic heterocycles. The lowest BCUT2D eigenvalue weighted by atomic mass is 10.1. The Morgan fingerprint density at radius 1 is 0.966 bits per heavy atom. The fraction of sp³-hybridized carbons (Fsp3) is 0.0870. The first-order valence-corrected chi connectivity index (χ1v) is 9.11. The van der Waals surface area contributed by atoms with Gasteiger partial charge in [-0.15, -0.1) is 0 Å². The van der Waals surface area contributed by atoms with E-state index >= 15 is 0 Å². The van der Waals surface area contributed by atoms with Gasteiger partial charge in [-0.3, -0.25) is 9.59 Å². The summed E-state index contributed by atoms with van der Waals surface area (Å²) in [4.78, 5) is 25.9. The Bertz CT molecular complexity index is 1290. The number of anilines is 1. The normalized spacial score (nSPS) is 10.9. The van der Waals surface area contributed by atoms with E-state index in [1.54, 1.807) is 42.5 Å². The predicted octanol–water partition coefficient (Wildman–Crippen LogP) is 4.39. The summed E-state index contributed by atoms with van der Waals surface area (Å²) in [7, 11) is 0. The van der Waals surface area contributed by atoms with E-state index in [4.69, 9.17) is 0 Å². The molecule has 0 aliphatic carbocycles. The second-order valence-corrected chi connectivity index (χ2v) is 6.78. The van der Waals surface area contributed by atoms with Crippen LogP contribution in [0.25, 0.3) is 16.6 Å². The van der Waals surface area contributed by atoms with Gasteiger partial charge in [0.2, 0.25) is 5.43 Å². The summed E-state index contributed by atoms with van der Waals surface area (Å²) in [6.07, 6.45) is 0. The SMILES string of the molecule is Cc1cccc(NC(=O)c2nn(-c3ccc(F)cc3)c3ccccc3c2=O)c1C. The molecule has 1 heterocycles. The van der Waals surface area contributed by atoms with E-state index in [-0.39, 0.29) is 11.5 Å². The van der Waals surface area contributed by atoms with Crippen LogP contribution in [0.15, 0.2) is 71.5 Å². The largest absolute Gasteiger partial charge is 0.320 e. The van der Waals surface area contributed by atoms with E-state index in [9.17, 15) is 14.0 Å². The Labute approximate surface area is 166 Å². The summed E-state index contributed by atoms with van der Waals surface area (Å²) in [6.45, 7) is 3.84. The van der Waals surface area contributed by atoms with Gasteiger partial charge in [0, 0.05) is 5.69 Å². The Morgan fingerprint density at radius 2 is 1.69 bits per heavy atom. The number of rotatable bonds is 3. The van der Waals surface area contributed by atoms with Gasteiger partial charge in [0.05, 0.1) is 16.6 Å². The number of aryl methyl sites for hydroxylation is 1. The summed E-state index contributed by atoms with van der Waals surface area (Å²) in [5, 5.41) is 7.46. The van der Waals surface area contributed by atoms with E-state index in [2.05, 4.69) is 10.4 Å². The zero-order valence-corrected chi connectivity index (χ0v) is 15.9. The molecule has 144 valence electrons. The maximum Gasteiger partial charge on any atom is 0.280 e. The number of carbonyl (C=O) groups is 1. The highest BCUT2D eigenvalue weighted by atomic mass is 19.1. The van der Waals surface area contributed by atoms with Gasteiger partial charge < -0.3 is 5.32 Å². The average Bonchev–Trinajstić information content (AvgIpc) is 2.72. The molecule has 1 aromatic heterocycles. The lowest BCUT2D eigenvalue weighted by Gasteiger charge is -2.13. The lowest BCUT2D eigenvalue weighted by Crippen LogP contribution is -2.27. The van der Waals surface area contributed by atoms with Crippen molar-refractivity contribution < 1.29 is 9.18 Å². The third-order valence-electron chi connectivity index (χ3n) is 4.93. The number of nitrogens with zero attached hydrogens (tertiary/aromatic N) is 2. The van der Waals surface area contributed by atoms with Crippen LogP contribution in [0.2, 0.25) is 0 Å². The third-order valence-corrected chi connectivity index (χ3v) is 4.93. The molecule has 0 radical (unpaired) electrons. The van der Waals surface area contributed by atoms with Crippen LogP contribution in [0.1, 0.15) is 21.6 Å². The molecule has 0 unspecified atom stereocenters. The average molecular weight is 387 g/mol. The molecule has 4 aromatic rings. The van der Waals surface area contributed by atoms with Crippen molar-refractivity contribution in [3.05, 3.63) is 99.6 Å². The molecule has 0 spiro atoms. The molecule has 29 heavy (non-hydrogen) atoms. The van der Waals surface area contributed by atoms with Crippen LogP contribution in [0.5, 0.6) is 0 Å². The first-order chi connectivity index (χ1) is 14.0. The highest BCUT2D eigenvalue weighted by Crippen LogP contribution is 2.20. The molecule has 0 bridgehead atoms. The second kappa shape index (κ2) is 7.31. The van der Waals surface area contributed by atoms with Crippen molar-refractivity contribution in [2.75, 3.05) is 5.32 Å². The number of para-hydroxylation sites is 1. The number of nitrogens with one attached hydrogen (secondary N) is 1. The Morgan fingerprint density at radius 3 is 2.45 bits per heavy atom. The van der Waals surface area contributed by atoms with E-state index < -0.39 is 11.3 Å². The predicted molar refractivity (Wildman–Crippen MR) is 111 cm³/mol. The zero-order valence-electron chi connectivity index (χ0n) is 15.9. The minimum atomic E-state index is -0.592. The molecular formula is C23H18FN3O2. The zero-order chi connectivity index (χ0) is 20.5. The minimum absolute atomic E-state index is 0.228. The van der Waals surface area contributed by atoms with Crippen molar-refractivity contribution >= 4 is 22.5 Å². The molecule has 0 aliphatic rings. The quantitative estimate of drug-likeness (QED) is 0.567. The fourth-order valence-electron chi connectivity index (χ4n) is 3.17. The van der Waals surface area contributed by atoms with Gasteiger partial charge in [0.25, 0.3) is 5.91 Å². The number of benzene rings is 3. The van der Waals surface area contributed by atoms with Crippen molar-refractivity contribution in [2.45, 2.75) is 13.8 Å². The van der Waals surface area contributed by atoms with Crippen LogP contribution in [-0.4, -0.2) is 15.7 Å². The van der Waals surface area contributed by atoms with Crippen LogP contribution < -0.4 is 10.7 Å². The standard InChI is InChI=1S/C23H18FN3O2/c1-14-6-5-8-19(15(14)2)25-23(29)21-22(28)18-7-3-4-9-20(18)27(26-21)17-12-10-16(24)11-13-17/h3-13H,1-2H3,(H,25,29). The number of aromatic nitrogens is 2. The highest BCUT2D eigenvalue weighted by molar-refractivity contribution is 6.04. The van der Waals surface area contributed by atoms with Crippen LogP contribution >= 0.6 is 0 Å². The van der Waals surface area contributed by atoms with Crippen molar-refractivity contribution in [1.29, 1.82) is 0 Å². The van der Waals surface area contributed by atoms with Crippen molar-refractivity contribution in [2.24, 2.45) is 0 Å². The molecule has 0 saturated heterocycles. The summed E-state index contributed by atoms with van der Waals surface area (Å²) in [5.74, 6) is -0.975. The van der Waals surface area contributed by atoms with E-state index in [0.29, 0.717) is 22.3 Å². The fourth-order valence-corrected chi connectivity index (χ4v) is 3.17. The van der Waals surface area contributed by atoms with Gasteiger partial charge in [-0.2, -0.15) is 5.10 Å². The van der Waals surface area contributed by atoms with Crippen LogP contribution in [0.4, 0.5) is 10.1 Å². The Hall–Kier alpha value is -3.80. The number of amides is 1. The van der Waals surface area contributed by atoms with Gasteiger partial charge in [-0.25, -0.2) is 9.07 Å². The Kier molecular flexibility index (Phi) is 4.68. The Balaban J connectivity index is 1.87. The first-order valence-electron chi connectivity index (χ1n) is 9.11. The summed E-state index contributed by atoms with van der Waals surface area (Å²) in [6, 6.07) is 18.2. The number of hydrogen-bond donors (Lipinski definition) is 1. The van der Waals surface area contributed by atoms with Gasteiger partial charge >= 0.3 is 0 Å². The van der Waals surface area contributed by atoms with E-state index in [1.807, 2.05) is 26.0 Å². The topological polar surface area (TPSA) is 64.0 Å². The molecule has 4 rings (SSSR count). The molecule has 3 aromatic carbocycles. The number of carbonyl (C=O) groups excluding carboxylic acids is 1. The highest BCUT2D eigenvalue weighted by Gasteiger charge is 2.19. The van der Waals surface area contributed by atoms with Crippen molar-refractivity contribution in [3.8, 4) is 5.69 Å². The molecule has 1 N–H and O–H groups in total. The summed E-state index contributed by atoms with van der Waals surface area (Å²) in [5.41, 5.74) is 2.96. The van der Waals surface area contributed by atoms with E-state index in [0.717, 1.165) is 11.1 Å². The lowest BCUT2D eigenvalue weighted by molar-refractivity contribution is 0.102. The molecule has 0 atom stereocenters.